The highest BCUT2D eigenvalue weighted by Crippen LogP contribution is 2.30. The summed E-state index contributed by atoms with van der Waals surface area (Å²) in [6, 6.07) is 3.54. The molecule has 1 aliphatic heterocycles. The molecule has 0 amide bonds. The van der Waals surface area contributed by atoms with Crippen molar-refractivity contribution in [1.29, 1.82) is 0 Å². The van der Waals surface area contributed by atoms with Crippen LogP contribution < -0.4 is 4.72 Å². The van der Waals surface area contributed by atoms with Crippen LogP contribution in [0.5, 0.6) is 0 Å². The molecule has 3 rings (SSSR count). The number of nitrogens with one attached hydrogen (secondary N) is 1. The zero-order valence-corrected chi connectivity index (χ0v) is 14.1. The van der Waals surface area contributed by atoms with Crippen molar-refractivity contribution in [1.82, 2.24) is 19.2 Å². The van der Waals surface area contributed by atoms with E-state index in [0.29, 0.717) is 18.7 Å². The summed E-state index contributed by atoms with van der Waals surface area (Å²) in [6.07, 6.45) is -3.25. The van der Waals surface area contributed by atoms with Gasteiger partial charge in [0.2, 0.25) is 5.82 Å². The molecule has 2 heterocycles. The third kappa shape index (κ3) is 4.02. The van der Waals surface area contributed by atoms with Crippen molar-refractivity contribution >= 4 is 10.2 Å². The topological polar surface area (TPSA) is 88.3 Å². The maximum Gasteiger partial charge on any atom is 0.471 e. The molecule has 7 nitrogen and oxygen atoms in total. The first-order chi connectivity index (χ1) is 12.2. The van der Waals surface area contributed by atoms with Gasteiger partial charge in [-0.25, -0.2) is 4.39 Å². The number of rotatable bonds is 5. The van der Waals surface area contributed by atoms with Gasteiger partial charge in [0.25, 0.3) is 10.2 Å². The van der Waals surface area contributed by atoms with Gasteiger partial charge < -0.3 is 4.52 Å². The van der Waals surface area contributed by atoms with Crippen LogP contribution in [0.25, 0.3) is 11.4 Å². The molecule has 0 unspecified atom stereocenters. The fourth-order valence-electron chi connectivity index (χ4n) is 2.49. The molecule has 26 heavy (non-hydrogen) atoms. The molecule has 0 radical (unpaired) electrons. The largest absolute Gasteiger partial charge is 0.471 e. The van der Waals surface area contributed by atoms with E-state index in [9.17, 15) is 26.0 Å². The molecule has 0 bridgehead atoms. The molecule has 1 aromatic heterocycles. The number of alkyl halides is 3. The van der Waals surface area contributed by atoms with Crippen molar-refractivity contribution in [2.75, 3.05) is 13.1 Å². The Morgan fingerprint density at radius 1 is 1.23 bits per heavy atom. The molecule has 1 aliphatic rings. The smallest absolute Gasteiger partial charge is 0.329 e. The number of aromatic nitrogens is 2. The summed E-state index contributed by atoms with van der Waals surface area (Å²) in [5, 5.41) is 3.12. The highest BCUT2D eigenvalue weighted by molar-refractivity contribution is 7.87. The maximum atomic E-state index is 14.2. The van der Waals surface area contributed by atoms with Crippen molar-refractivity contribution in [3.05, 3.63) is 35.5 Å². The first kappa shape index (κ1) is 18.7. The average Bonchev–Trinajstić information content (AvgIpc) is 3.24. The average molecular weight is 394 g/mol. The third-order valence-electron chi connectivity index (χ3n) is 3.81. The van der Waals surface area contributed by atoms with E-state index in [4.69, 9.17) is 0 Å². The summed E-state index contributed by atoms with van der Waals surface area (Å²) in [5.74, 6) is -3.01. The minimum absolute atomic E-state index is 0.157. The molecule has 1 saturated heterocycles. The molecular weight excluding hydrogens is 380 g/mol. The van der Waals surface area contributed by atoms with Gasteiger partial charge in [0, 0.05) is 19.6 Å². The van der Waals surface area contributed by atoms with Gasteiger partial charge in [0.05, 0.1) is 5.56 Å². The van der Waals surface area contributed by atoms with Crippen LogP contribution in [0.3, 0.4) is 0 Å². The SMILES string of the molecule is O=S(=O)(NCc1ccc(-c2noc(C(F)(F)F)n2)c(F)c1)N1CCCC1. The Kier molecular flexibility index (Phi) is 4.99. The first-order valence-corrected chi connectivity index (χ1v) is 9.05. The zero-order chi connectivity index (χ0) is 18.9. The maximum absolute atomic E-state index is 14.2. The van der Waals surface area contributed by atoms with Gasteiger partial charge >= 0.3 is 12.1 Å². The summed E-state index contributed by atoms with van der Waals surface area (Å²) in [4.78, 5) is 3.12. The Morgan fingerprint density at radius 3 is 2.50 bits per heavy atom. The summed E-state index contributed by atoms with van der Waals surface area (Å²) in [6.45, 7) is 0.708. The van der Waals surface area contributed by atoms with E-state index in [2.05, 4.69) is 19.4 Å². The standard InChI is InChI=1S/C14H14F4N4O3S/c15-11-7-9(8-19-26(23,24)22-5-1-2-6-22)3-4-10(11)12-20-13(25-21-12)14(16,17)18/h3-4,7,19H,1-2,5-6,8H2. The number of benzene rings is 1. The summed E-state index contributed by atoms with van der Waals surface area (Å²) in [7, 11) is -3.65. The Bertz CT molecular complexity index is 892. The lowest BCUT2D eigenvalue weighted by atomic mass is 10.1. The summed E-state index contributed by atoms with van der Waals surface area (Å²) >= 11 is 0. The molecule has 2 aromatic rings. The molecule has 1 aromatic carbocycles. The lowest BCUT2D eigenvalue weighted by Crippen LogP contribution is -2.38. The lowest BCUT2D eigenvalue weighted by Gasteiger charge is -2.16. The lowest BCUT2D eigenvalue weighted by molar-refractivity contribution is -0.159. The molecule has 12 heteroatoms. The molecule has 1 N–H and O–H groups in total. The normalized spacial score (nSPS) is 16.3. The minimum atomic E-state index is -4.82. The second kappa shape index (κ2) is 6.93. The fraction of sp³-hybridized carbons (Fsp3) is 0.429. The van der Waals surface area contributed by atoms with E-state index in [-0.39, 0.29) is 12.1 Å². The number of hydrogen-bond donors (Lipinski definition) is 1. The predicted octanol–water partition coefficient (Wildman–Crippen LogP) is 2.32. The van der Waals surface area contributed by atoms with Crippen LogP contribution in [0.15, 0.2) is 22.7 Å². The monoisotopic (exact) mass is 394 g/mol. The number of halogens is 4. The van der Waals surface area contributed by atoms with Crippen molar-refractivity contribution in [2.24, 2.45) is 0 Å². The van der Waals surface area contributed by atoms with E-state index in [0.717, 1.165) is 18.9 Å². The highest BCUT2D eigenvalue weighted by Gasteiger charge is 2.38. The van der Waals surface area contributed by atoms with E-state index < -0.39 is 33.9 Å². The molecule has 1 fully saturated rings. The van der Waals surface area contributed by atoms with Gasteiger partial charge in [-0.1, -0.05) is 11.2 Å². The van der Waals surface area contributed by atoms with Gasteiger partial charge in [-0.3, -0.25) is 0 Å². The van der Waals surface area contributed by atoms with Gasteiger partial charge in [-0.2, -0.15) is 35.6 Å². The second-order valence-corrected chi connectivity index (χ2v) is 7.42. The quantitative estimate of drug-likeness (QED) is 0.787. The van der Waals surface area contributed by atoms with Crippen LogP contribution in [0.4, 0.5) is 17.6 Å². The Morgan fingerprint density at radius 2 is 1.92 bits per heavy atom. The van der Waals surface area contributed by atoms with Crippen LogP contribution >= 0.6 is 0 Å². The fourth-order valence-corrected chi connectivity index (χ4v) is 3.76. The van der Waals surface area contributed by atoms with Crippen LogP contribution in [-0.2, 0) is 22.9 Å². The zero-order valence-electron chi connectivity index (χ0n) is 13.3. The van der Waals surface area contributed by atoms with Crippen molar-refractivity contribution in [3.63, 3.8) is 0 Å². The van der Waals surface area contributed by atoms with Gasteiger partial charge in [0.15, 0.2) is 0 Å². The molecule has 0 saturated carbocycles. The van der Waals surface area contributed by atoms with Gasteiger partial charge in [-0.15, -0.1) is 0 Å². The van der Waals surface area contributed by atoms with Crippen LogP contribution in [0, 0.1) is 5.82 Å². The Labute approximate surface area is 146 Å². The Balaban J connectivity index is 1.72. The minimum Gasteiger partial charge on any atom is -0.329 e. The second-order valence-electron chi connectivity index (χ2n) is 5.67. The third-order valence-corrected chi connectivity index (χ3v) is 5.36. The van der Waals surface area contributed by atoms with Crippen molar-refractivity contribution in [2.45, 2.75) is 25.6 Å². The summed E-state index contributed by atoms with van der Waals surface area (Å²) < 4.78 is 83.4. The van der Waals surface area contributed by atoms with Crippen LogP contribution in [0.1, 0.15) is 24.3 Å². The van der Waals surface area contributed by atoms with Crippen LogP contribution in [0.2, 0.25) is 0 Å². The Hall–Kier alpha value is -2.05. The first-order valence-electron chi connectivity index (χ1n) is 7.61. The number of hydrogen-bond acceptors (Lipinski definition) is 5. The molecule has 0 atom stereocenters. The van der Waals surface area contributed by atoms with Crippen molar-refractivity contribution in [3.8, 4) is 11.4 Å². The van der Waals surface area contributed by atoms with Gasteiger partial charge in [0.1, 0.15) is 5.82 Å². The summed E-state index contributed by atoms with van der Waals surface area (Å²) in [5.41, 5.74) is 0.0176. The molecule has 142 valence electrons. The van der Waals surface area contributed by atoms with E-state index in [1.807, 2.05) is 0 Å². The predicted molar refractivity (Wildman–Crippen MR) is 81.3 cm³/mol. The molecule has 0 aliphatic carbocycles. The molecule has 0 spiro atoms. The van der Waals surface area contributed by atoms with E-state index >= 15 is 0 Å². The number of nitrogens with zero attached hydrogens (tertiary/aromatic N) is 3. The van der Waals surface area contributed by atoms with E-state index in [1.54, 1.807) is 0 Å². The highest BCUT2D eigenvalue weighted by atomic mass is 32.2. The van der Waals surface area contributed by atoms with E-state index in [1.165, 1.54) is 16.4 Å². The van der Waals surface area contributed by atoms with Crippen molar-refractivity contribution < 1.29 is 30.5 Å². The van der Waals surface area contributed by atoms with Gasteiger partial charge in [-0.05, 0) is 30.5 Å². The van der Waals surface area contributed by atoms with Crippen LogP contribution in [-0.4, -0.2) is 36.0 Å². The molecular formula is C14H14F4N4O3S.